The summed E-state index contributed by atoms with van der Waals surface area (Å²) in [6, 6.07) is 27.7. The van der Waals surface area contributed by atoms with Crippen molar-refractivity contribution < 1.29 is 35.9 Å². The lowest BCUT2D eigenvalue weighted by Gasteiger charge is -2.37. The summed E-state index contributed by atoms with van der Waals surface area (Å²) in [5, 5.41) is 4.96. The van der Waals surface area contributed by atoms with Crippen LogP contribution < -0.4 is 20.7 Å². The Morgan fingerprint density at radius 3 is 1.60 bits per heavy atom. The molecule has 3 nitrogen and oxygen atoms in total. The quantitative estimate of drug-likeness (QED) is 0.146. The molecule has 0 heterocycles. The van der Waals surface area contributed by atoms with Crippen LogP contribution in [0, 0.1) is 5.41 Å². The predicted molar refractivity (Wildman–Crippen MR) is 168 cm³/mol. The Kier molecular flexibility index (Phi) is 10.0. The molecule has 10 heteroatoms. The largest absolute Gasteiger partial charge is 0.497 e. The Morgan fingerprint density at radius 2 is 1.20 bits per heavy atom. The summed E-state index contributed by atoms with van der Waals surface area (Å²) in [6.07, 6.45) is -9.15. The standard InChI is InChI=1S/C35H34F6NO2P/c1-33(2,3)31(42-32(43)25-19-26(34(36,37)38)21-27(20-25)35(39,40)41)23-45(29-11-7-5-8-12-29,30-13-9-6-10-14-30)22-24-15-17-28(44-4)18-16-24/h5-21,31H,22-23H2,1-4H3/p+1/t31-/m1/s1. The molecular weight excluding hydrogens is 611 g/mol. The van der Waals surface area contributed by atoms with E-state index in [1.165, 1.54) is 0 Å². The number of nitrogens with one attached hydrogen (secondary N) is 1. The lowest BCUT2D eigenvalue weighted by molar-refractivity contribution is -0.143. The van der Waals surface area contributed by atoms with E-state index in [-0.39, 0.29) is 6.07 Å². The predicted octanol–water partition coefficient (Wildman–Crippen LogP) is 8.75. The molecule has 0 saturated heterocycles. The Balaban J connectivity index is 1.84. The second-order valence-electron chi connectivity index (χ2n) is 12.0. The molecule has 0 aliphatic rings. The number of alkyl halides is 6. The van der Waals surface area contributed by atoms with Gasteiger partial charge in [0.1, 0.15) is 5.75 Å². The van der Waals surface area contributed by atoms with Crippen LogP contribution in [0.1, 0.15) is 47.8 Å². The lowest BCUT2D eigenvalue weighted by Crippen LogP contribution is -2.48. The average molecular weight is 647 g/mol. The fraction of sp³-hybridized carbons (Fsp3) is 0.286. The minimum atomic E-state index is -5.07. The molecule has 0 bridgehead atoms. The molecule has 238 valence electrons. The Morgan fingerprint density at radius 1 is 0.733 bits per heavy atom. The van der Waals surface area contributed by atoms with Crippen LogP contribution in [0.4, 0.5) is 26.3 Å². The van der Waals surface area contributed by atoms with Crippen molar-refractivity contribution in [2.75, 3.05) is 13.3 Å². The van der Waals surface area contributed by atoms with Crippen LogP contribution in [0.25, 0.3) is 0 Å². The number of ether oxygens (including phenoxy) is 1. The lowest BCUT2D eigenvalue weighted by atomic mass is 9.87. The van der Waals surface area contributed by atoms with Crippen LogP contribution >= 0.6 is 7.26 Å². The van der Waals surface area contributed by atoms with Crippen LogP contribution in [-0.4, -0.2) is 25.2 Å². The van der Waals surface area contributed by atoms with Crippen molar-refractivity contribution in [1.82, 2.24) is 5.32 Å². The third-order valence-corrected chi connectivity index (χ3v) is 12.3. The minimum absolute atomic E-state index is 0.0221. The number of hydrogen-bond donors (Lipinski definition) is 1. The first-order chi connectivity index (χ1) is 21.0. The Bertz CT molecular complexity index is 1510. The zero-order valence-electron chi connectivity index (χ0n) is 25.3. The van der Waals surface area contributed by atoms with Gasteiger partial charge in [0.05, 0.1) is 54.5 Å². The number of rotatable bonds is 9. The summed E-state index contributed by atoms with van der Waals surface area (Å²) >= 11 is 0. The van der Waals surface area contributed by atoms with Crippen molar-refractivity contribution in [3.63, 3.8) is 0 Å². The van der Waals surface area contributed by atoms with Crippen molar-refractivity contribution in [3.8, 4) is 5.75 Å². The van der Waals surface area contributed by atoms with Crippen molar-refractivity contribution in [3.05, 3.63) is 125 Å². The average Bonchev–Trinajstić information content (AvgIpc) is 3.00. The molecule has 4 rings (SSSR count). The molecule has 0 radical (unpaired) electrons. The number of benzene rings is 4. The van der Waals surface area contributed by atoms with Gasteiger partial charge in [-0.1, -0.05) is 69.3 Å². The maximum atomic E-state index is 13.6. The van der Waals surface area contributed by atoms with Gasteiger partial charge in [-0.3, -0.25) is 4.79 Å². The van der Waals surface area contributed by atoms with Crippen LogP contribution in [0.15, 0.2) is 103 Å². The van der Waals surface area contributed by atoms with Crippen LogP contribution in [-0.2, 0) is 18.5 Å². The maximum absolute atomic E-state index is 13.6. The summed E-state index contributed by atoms with van der Waals surface area (Å²) in [5.41, 5.74) is -3.39. The number of halogens is 6. The molecule has 1 atom stereocenters. The van der Waals surface area contributed by atoms with E-state index in [0.717, 1.165) is 16.2 Å². The Hall–Kier alpha value is -3.84. The van der Waals surface area contributed by atoms with Gasteiger partial charge in [0, 0.05) is 5.56 Å². The molecule has 4 aromatic rings. The second-order valence-corrected chi connectivity index (χ2v) is 15.7. The summed E-state index contributed by atoms with van der Waals surface area (Å²) in [5.74, 6) is -0.309. The maximum Gasteiger partial charge on any atom is 0.416 e. The highest BCUT2D eigenvalue weighted by molar-refractivity contribution is 7.88. The van der Waals surface area contributed by atoms with Gasteiger partial charge in [0.15, 0.2) is 0 Å². The van der Waals surface area contributed by atoms with E-state index in [9.17, 15) is 31.1 Å². The van der Waals surface area contributed by atoms with Crippen molar-refractivity contribution in [1.29, 1.82) is 0 Å². The van der Waals surface area contributed by atoms with E-state index >= 15 is 0 Å². The molecule has 0 aliphatic heterocycles. The minimum Gasteiger partial charge on any atom is -0.497 e. The van der Waals surface area contributed by atoms with Gasteiger partial charge in [-0.25, -0.2) is 0 Å². The highest BCUT2D eigenvalue weighted by atomic mass is 31.2. The SMILES string of the molecule is COc1ccc(C[P+](C[C@@H](NC(=O)c2cc(C(F)(F)F)cc(C(F)(F)F)c2)C(C)(C)C)(c2ccccc2)c2ccccc2)cc1. The third-order valence-electron chi connectivity index (χ3n) is 7.81. The van der Waals surface area contributed by atoms with Gasteiger partial charge >= 0.3 is 12.4 Å². The van der Waals surface area contributed by atoms with E-state index in [4.69, 9.17) is 4.74 Å². The molecule has 4 aromatic carbocycles. The summed E-state index contributed by atoms with van der Waals surface area (Å²) < 4.78 is 87.0. The number of methoxy groups -OCH3 is 1. The normalized spacial score (nSPS) is 13.3. The highest BCUT2D eigenvalue weighted by Crippen LogP contribution is 2.60. The topological polar surface area (TPSA) is 38.3 Å². The fourth-order valence-corrected chi connectivity index (χ4v) is 10.0. The number of carbonyl (C=O) groups is 1. The van der Waals surface area contributed by atoms with Gasteiger partial charge in [-0.2, -0.15) is 26.3 Å². The summed E-state index contributed by atoms with van der Waals surface area (Å²) in [4.78, 5) is 13.6. The van der Waals surface area contributed by atoms with Gasteiger partial charge in [-0.15, -0.1) is 0 Å². The van der Waals surface area contributed by atoms with E-state index in [1.807, 2.05) is 106 Å². The molecule has 0 saturated carbocycles. The second kappa shape index (κ2) is 13.3. The first-order valence-corrected chi connectivity index (χ1v) is 16.4. The molecular formula is C35H35F6NO2P+. The summed E-state index contributed by atoms with van der Waals surface area (Å²) in [6.45, 7) is 5.68. The molecule has 0 fully saturated rings. The van der Waals surface area contributed by atoms with E-state index in [2.05, 4.69) is 5.32 Å². The smallest absolute Gasteiger partial charge is 0.416 e. The first kappa shape index (κ1) is 34.0. The van der Waals surface area contributed by atoms with E-state index in [1.54, 1.807) is 7.11 Å². The van der Waals surface area contributed by atoms with Gasteiger partial charge in [0.2, 0.25) is 0 Å². The number of hydrogen-bond acceptors (Lipinski definition) is 2. The number of amides is 1. The van der Waals surface area contributed by atoms with Crippen LogP contribution in [0.5, 0.6) is 5.75 Å². The molecule has 1 amide bonds. The first-order valence-electron chi connectivity index (χ1n) is 14.2. The van der Waals surface area contributed by atoms with Crippen molar-refractivity contribution >= 4 is 23.8 Å². The fourth-order valence-electron chi connectivity index (χ4n) is 5.25. The number of carbonyl (C=O) groups excluding carboxylic acids is 1. The monoisotopic (exact) mass is 646 g/mol. The van der Waals surface area contributed by atoms with Crippen molar-refractivity contribution in [2.45, 2.75) is 45.3 Å². The highest BCUT2D eigenvalue weighted by Gasteiger charge is 2.48. The summed E-state index contributed by atoms with van der Waals surface area (Å²) in [7, 11) is -0.852. The zero-order chi connectivity index (χ0) is 33.0. The van der Waals surface area contributed by atoms with Crippen molar-refractivity contribution in [2.24, 2.45) is 5.41 Å². The van der Waals surface area contributed by atoms with E-state index < -0.39 is 53.7 Å². The molecule has 0 unspecified atom stereocenters. The zero-order valence-corrected chi connectivity index (χ0v) is 26.2. The van der Waals surface area contributed by atoms with Gasteiger partial charge in [-0.05, 0) is 65.6 Å². The molecule has 45 heavy (non-hydrogen) atoms. The van der Waals surface area contributed by atoms with Gasteiger partial charge < -0.3 is 10.1 Å². The molecule has 0 aromatic heterocycles. The van der Waals surface area contributed by atoms with Gasteiger partial charge in [0.25, 0.3) is 5.91 Å². The van der Waals surface area contributed by atoms with Crippen LogP contribution in [0.3, 0.4) is 0 Å². The van der Waals surface area contributed by atoms with Crippen LogP contribution in [0.2, 0.25) is 0 Å². The third kappa shape index (κ3) is 8.26. The molecule has 0 aliphatic carbocycles. The molecule has 1 N–H and O–H groups in total. The Labute approximate surface area is 260 Å². The molecule has 0 spiro atoms. The van der Waals surface area contributed by atoms with E-state index in [0.29, 0.717) is 30.2 Å².